The van der Waals surface area contributed by atoms with E-state index in [2.05, 4.69) is 19.9 Å². The second-order valence-corrected chi connectivity index (χ2v) is 4.95. The number of benzene rings is 1. The lowest BCUT2D eigenvalue weighted by Crippen LogP contribution is -2.26. The number of hydroxylamine groups is 1. The van der Waals surface area contributed by atoms with Gasteiger partial charge in [-0.05, 0) is 40.0 Å². The fraction of sp³-hybridized carbons (Fsp3) is 0.231. The van der Waals surface area contributed by atoms with Crippen LogP contribution in [-0.4, -0.2) is 38.6 Å². The minimum Gasteiger partial charge on any atom is -0.475 e. The molecule has 0 aliphatic heterocycles. The van der Waals surface area contributed by atoms with E-state index in [1.165, 1.54) is 12.1 Å². The van der Waals surface area contributed by atoms with Gasteiger partial charge in [0.25, 0.3) is 0 Å². The number of alkyl halides is 3. The van der Waals surface area contributed by atoms with Crippen LogP contribution in [0.15, 0.2) is 27.8 Å². The zero-order valence-corrected chi connectivity index (χ0v) is 12.7. The van der Waals surface area contributed by atoms with Crippen LogP contribution in [0.1, 0.15) is 22.9 Å². The van der Waals surface area contributed by atoms with Crippen molar-refractivity contribution in [3.63, 3.8) is 0 Å². The van der Waals surface area contributed by atoms with Gasteiger partial charge >= 0.3 is 12.1 Å². The number of nitrogens with one attached hydrogen (secondary N) is 1. The van der Waals surface area contributed by atoms with Crippen LogP contribution in [-0.2, 0) is 11.2 Å². The highest BCUT2D eigenvalue weighted by Crippen LogP contribution is 2.36. The Morgan fingerprint density at radius 3 is 2.54 bits per heavy atom. The van der Waals surface area contributed by atoms with Crippen molar-refractivity contribution in [3.8, 4) is 0 Å². The summed E-state index contributed by atoms with van der Waals surface area (Å²) in [5.74, 6) is -3.02. The zero-order chi connectivity index (χ0) is 19.5. The van der Waals surface area contributed by atoms with Crippen molar-refractivity contribution in [1.29, 1.82) is 0 Å². The average molecular weight is 377 g/mol. The summed E-state index contributed by atoms with van der Waals surface area (Å²) in [6.45, 7) is 0. The third kappa shape index (κ3) is 4.24. The van der Waals surface area contributed by atoms with Crippen molar-refractivity contribution in [2.45, 2.75) is 18.6 Å². The number of hydrogen-bond acceptors (Lipinski definition) is 7. The molecule has 2 aromatic rings. The van der Waals surface area contributed by atoms with E-state index in [1.807, 2.05) is 5.48 Å². The van der Waals surface area contributed by atoms with Gasteiger partial charge in [0, 0.05) is 0 Å². The predicted octanol–water partition coefficient (Wildman–Crippen LogP) is 1.45. The van der Waals surface area contributed by atoms with E-state index < -0.39 is 12.1 Å². The molecule has 0 radical (unpaired) electrons. The second-order valence-electron chi connectivity index (χ2n) is 4.95. The molecule has 0 saturated heterocycles. The first kappa shape index (κ1) is 19.1. The number of aliphatic carboxylic acids is 1. The summed E-state index contributed by atoms with van der Waals surface area (Å²) >= 11 is 0. The first-order chi connectivity index (χ1) is 12.1. The molecule has 0 spiro atoms. The number of nitrogens with two attached hydrogens (primary N) is 1. The molecule has 1 heterocycles. The summed E-state index contributed by atoms with van der Waals surface area (Å²) in [7, 11) is 0. The van der Waals surface area contributed by atoms with Crippen LogP contribution in [0.4, 0.5) is 23.4 Å². The number of nitrogens with zero attached hydrogens (tertiary/aromatic N) is 3. The molecule has 1 aliphatic rings. The largest absolute Gasteiger partial charge is 0.490 e. The Balaban J connectivity index is 0.000000298. The highest BCUT2D eigenvalue weighted by atomic mass is 19.4. The summed E-state index contributed by atoms with van der Waals surface area (Å²) in [6, 6.07) is 4.29. The Labute approximate surface area is 142 Å². The Morgan fingerprint density at radius 2 is 2.04 bits per heavy atom. The molecule has 1 aliphatic carbocycles. The monoisotopic (exact) mass is 377 g/mol. The van der Waals surface area contributed by atoms with E-state index in [0.29, 0.717) is 6.42 Å². The maximum Gasteiger partial charge on any atom is 0.490 e. The third-order valence-electron chi connectivity index (χ3n) is 3.25. The van der Waals surface area contributed by atoms with Gasteiger partial charge in [0.15, 0.2) is 17.3 Å². The Morgan fingerprint density at radius 1 is 1.38 bits per heavy atom. The third-order valence-corrected chi connectivity index (χ3v) is 3.25. The number of aromatic nitrogens is 2. The molecule has 1 atom stereocenters. The molecular formula is C13H11F4N5O4. The van der Waals surface area contributed by atoms with Gasteiger partial charge in [-0.25, -0.2) is 13.8 Å². The lowest BCUT2D eigenvalue weighted by atomic mass is 9.83. The van der Waals surface area contributed by atoms with Gasteiger partial charge < -0.3 is 10.8 Å². The molecule has 0 amide bonds. The molecule has 26 heavy (non-hydrogen) atoms. The molecule has 3 rings (SSSR count). The lowest BCUT2D eigenvalue weighted by molar-refractivity contribution is -0.192. The van der Waals surface area contributed by atoms with Crippen molar-refractivity contribution in [3.05, 3.63) is 40.8 Å². The van der Waals surface area contributed by atoms with Crippen LogP contribution < -0.4 is 11.2 Å². The van der Waals surface area contributed by atoms with Gasteiger partial charge in [0.2, 0.25) is 0 Å². The number of fused-ring (bicyclic) bond motifs is 1. The van der Waals surface area contributed by atoms with Gasteiger partial charge in [0.1, 0.15) is 5.82 Å². The summed E-state index contributed by atoms with van der Waals surface area (Å²) in [5.41, 5.74) is 9.34. The van der Waals surface area contributed by atoms with Crippen LogP contribution in [0.25, 0.3) is 0 Å². The number of aliphatic imine (C=N–C) groups is 1. The first-order valence-corrected chi connectivity index (χ1v) is 6.78. The Hall–Kier alpha value is -3.22. The molecule has 0 bridgehead atoms. The summed E-state index contributed by atoms with van der Waals surface area (Å²) < 4.78 is 49.3. The number of carboxylic acids is 1. The van der Waals surface area contributed by atoms with E-state index in [4.69, 9.17) is 20.8 Å². The van der Waals surface area contributed by atoms with Crippen LogP contribution in [0.5, 0.6) is 0 Å². The van der Waals surface area contributed by atoms with E-state index in [1.54, 1.807) is 6.07 Å². The number of rotatable bonds is 2. The topological polar surface area (TPSA) is 147 Å². The second kappa shape index (κ2) is 7.35. The number of carbonyl (C=O) groups is 1. The molecule has 1 aromatic heterocycles. The van der Waals surface area contributed by atoms with Gasteiger partial charge in [-0.1, -0.05) is 6.07 Å². The Kier molecular flexibility index (Phi) is 5.40. The molecule has 140 valence electrons. The molecular weight excluding hydrogens is 366 g/mol. The Bertz CT molecular complexity index is 836. The fourth-order valence-corrected chi connectivity index (χ4v) is 2.02. The number of anilines is 1. The summed E-state index contributed by atoms with van der Waals surface area (Å²) in [5, 5.41) is 23.1. The number of nitrogen functional groups attached to an aromatic ring is 1. The molecule has 0 fully saturated rings. The van der Waals surface area contributed by atoms with E-state index in [9.17, 15) is 17.6 Å². The number of halogens is 4. The summed E-state index contributed by atoms with van der Waals surface area (Å²) in [6.07, 6.45) is -4.42. The van der Waals surface area contributed by atoms with Crippen molar-refractivity contribution in [1.82, 2.24) is 15.8 Å². The maximum absolute atomic E-state index is 13.1. The molecule has 5 N–H and O–H groups in total. The highest BCUT2D eigenvalue weighted by molar-refractivity contribution is 5.99. The van der Waals surface area contributed by atoms with Crippen molar-refractivity contribution in [2.75, 3.05) is 5.73 Å². The lowest BCUT2D eigenvalue weighted by Gasteiger charge is -2.27. The van der Waals surface area contributed by atoms with E-state index >= 15 is 0 Å². The van der Waals surface area contributed by atoms with Gasteiger partial charge in [-0.3, -0.25) is 15.7 Å². The van der Waals surface area contributed by atoms with Gasteiger partial charge in [0.05, 0.1) is 6.04 Å². The number of carboxylic acid groups (broad SMARTS) is 1. The summed E-state index contributed by atoms with van der Waals surface area (Å²) in [4.78, 5) is 13.1. The molecule has 1 unspecified atom stereocenters. The maximum atomic E-state index is 13.1. The van der Waals surface area contributed by atoms with Crippen LogP contribution in [0, 0.1) is 5.82 Å². The van der Waals surface area contributed by atoms with Crippen molar-refractivity contribution >= 4 is 17.6 Å². The van der Waals surface area contributed by atoms with Gasteiger partial charge in [-0.15, -0.1) is 0 Å². The van der Waals surface area contributed by atoms with Crippen molar-refractivity contribution in [2.24, 2.45) is 4.99 Å². The van der Waals surface area contributed by atoms with Crippen LogP contribution in [0.2, 0.25) is 0 Å². The van der Waals surface area contributed by atoms with Gasteiger partial charge in [-0.2, -0.15) is 13.2 Å². The van der Waals surface area contributed by atoms with E-state index in [0.717, 1.165) is 11.1 Å². The number of amidine groups is 1. The fourth-order valence-electron chi connectivity index (χ4n) is 2.02. The average Bonchev–Trinajstić information content (AvgIpc) is 2.96. The van der Waals surface area contributed by atoms with Crippen molar-refractivity contribution < 1.29 is 37.3 Å². The SMILES string of the molecule is Nc1nonc1C(=NC1Cc2ccc(F)cc21)NO.O=C(O)C(F)(F)F. The van der Waals surface area contributed by atoms with Crippen LogP contribution in [0.3, 0.4) is 0 Å². The minimum absolute atomic E-state index is 0.0130. The van der Waals surface area contributed by atoms with E-state index in [-0.39, 0.29) is 29.2 Å². The normalized spacial score (nSPS) is 16.0. The molecule has 0 saturated carbocycles. The zero-order valence-electron chi connectivity index (χ0n) is 12.7. The predicted molar refractivity (Wildman–Crippen MR) is 76.7 cm³/mol. The minimum atomic E-state index is -5.08. The van der Waals surface area contributed by atoms with Crippen LogP contribution >= 0.6 is 0 Å². The quantitative estimate of drug-likeness (QED) is 0.266. The smallest absolute Gasteiger partial charge is 0.475 e. The molecule has 13 heteroatoms. The first-order valence-electron chi connectivity index (χ1n) is 6.78. The molecule has 9 nitrogen and oxygen atoms in total. The standard InChI is InChI=1S/C11H10FN5O2.C2HF3O2/c12-6-2-1-5-3-8(7(5)4-6)14-11(15-18)9-10(13)17-19-16-9;3-2(4,5)1(6)7/h1-2,4,8,18H,3H2,(H2,13,17)(H,14,15);(H,6,7). The highest BCUT2D eigenvalue weighted by Gasteiger charge is 2.38. The number of hydrogen-bond donors (Lipinski definition) is 4. The molecule has 1 aromatic carbocycles.